The summed E-state index contributed by atoms with van der Waals surface area (Å²) in [6.07, 6.45) is 1.55. The summed E-state index contributed by atoms with van der Waals surface area (Å²) in [6.45, 7) is 2.05. The molecule has 94 valence electrons. The number of carbonyl (C=O) groups excluding carboxylic acids is 1. The predicted octanol–water partition coefficient (Wildman–Crippen LogP) is 0.612. The van der Waals surface area contributed by atoms with Crippen LogP contribution in [0.4, 0.5) is 0 Å². The topological polar surface area (TPSA) is 77.1 Å². The molecular weight excluding hydrogens is 234 g/mol. The Morgan fingerprint density at radius 3 is 2.89 bits per heavy atom. The summed E-state index contributed by atoms with van der Waals surface area (Å²) in [7, 11) is 1.63. The molecule has 0 aliphatic heterocycles. The van der Waals surface area contributed by atoms with Crippen molar-refractivity contribution in [2.45, 2.75) is 13.5 Å². The van der Waals surface area contributed by atoms with E-state index in [-0.39, 0.29) is 18.0 Å². The van der Waals surface area contributed by atoms with Gasteiger partial charge in [-0.25, -0.2) is 0 Å². The van der Waals surface area contributed by atoms with Crippen LogP contribution < -0.4 is 10.9 Å². The fourth-order valence-electron chi connectivity index (χ4n) is 1.46. The van der Waals surface area contributed by atoms with Gasteiger partial charge in [0.2, 0.25) is 0 Å². The van der Waals surface area contributed by atoms with Crippen LogP contribution in [-0.4, -0.2) is 15.6 Å². The predicted molar refractivity (Wildman–Crippen MR) is 64.1 cm³/mol. The average Bonchev–Trinajstić information content (AvgIpc) is 2.75. The van der Waals surface area contributed by atoms with Crippen LogP contribution in [0.2, 0.25) is 0 Å². The van der Waals surface area contributed by atoms with Gasteiger partial charge in [0, 0.05) is 30.9 Å². The van der Waals surface area contributed by atoms with Crippen LogP contribution >= 0.6 is 0 Å². The Balaban J connectivity index is 2.03. The molecule has 1 amide bonds. The minimum atomic E-state index is -0.312. The molecule has 2 rings (SSSR count). The number of hydrogen-bond donors (Lipinski definition) is 1. The van der Waals surface area contributed by atoms with Crippen molar-refractivity contribution in [2.24, 2.45) is 7.05 Å². The van der Waals surface area contributed by atoms with Crippen LogP contribution in [0, 0.1) is 6.92 Å². The van der Waals surface area contributed by atoms with Crippen molar-refractivity contribution in [3.05, 3.63) is 51.8 Å². The summed E-state index contributed by atoms with van der Waals surface area (Å²) in [5.41, 5.74) is 0.753. The summed E-state index contributed by atoms with van der Waals surface area (Å²) < 4.78 is 6.28. The second kappa shape index (κ2) is 4.87. The van der Waals surface area contributed by atoms with Crippen LogP contribution in [0.25, 0.3) is 0 Å². The van der Waals surface area contributed by atoms with Crippen molar-refractivity contribution in [2.75, 3.05) is 0 Å². The number of aromatic nitrogens is 2. The third-order valence-corrected chi connectivity index (χ3v) is 2.47. The number of carbonyl (C=O) groups is 1. The SMILES string of the molecule is Cc1cc(CNC(=O)c2ccn(C)c(=O)c2)no1. The van der Waals surface area contributed by atoms with Crippen molar-refractivity contribution in [3.8, 4) is 0 Å². The van der Waals surface area contributed by atoms with Gasteiger partial charge < -0.3 is 14.4 Å². The molecule has 6 nitrogen and oxygen atoms in total. The molecule has 0 atom stereocenters. The first-order valence-electron chi connectivity index (χ1n) is 5.43. The van der Waals surface area contributed by atoms with E-state index in [2.05, 4.69) is 10.5 Å². The lowest BCUT2D eigenvalue weighted by Crippen LogP contribution is -2.25. The lowest BCUT2D eigenvalue weighted by molar-refractivity contribution is 0.0950. The van der Waals surface area contributed by atoms with Crippen molar-refractivity contribution in [1.29, 1.82) is 0 Å². The number of nitrogens with zero attached hydrogens (tertiary/aromatic N) is 2. The molecule has 0 radical (unpaired) electrons. The van der Waals surface area contributed by atoms with Gasteiger partial charge >= 0.3 is 0 Å². The van der Waals surface area contributed by atoms with Crippen molar-refractivity contribution in [3.63, 3.8) is 0 Å². The zero-order valence-electron chi connectivity index (χ0n) is 10.1. The highest BCUT2D eigenvalue weighted by atomic mass is 16.5. The smallest absolute Gasteiger partial charge is 0.251 e. The standard InChI is InChI=1S/C12H13N3O3/c1-8-5-10(14-18-8)7-13-12(17)9-3-4-15(2)11(16)6-9/h3-6H,7H2,1-2H3,(H,13,17). The Morgan fingerprint density at radius 1 is 1.50 bits per heavy atom. The summed E-state index contributed by atoms with van der Waals surface area (Å²) >= 11 is 0. The molecule has 2 heterocycles. The Morgan fingerprint density at radius 2 is 2.28 bits per heavy atom. The number of nitrogens with one attached hydrogen (secondary N) is 1. The maximum absolute atomic E-state index is 11.8. The van der Waals surface area contributed by atoms with Crippen molar-refractivity contribution < 1.29 is 9.32 Å². The fraction of sp³-hybridized carbons (Fsp3) is 0.250. The molecule has 0 saturated carbocycles. The first kappa shape index (κ1) is 12.1. The van der Waals surface area contributed by atoms with Crippen molar-refractivity contribution in [1.82, 2.24) is 15.0 Å². The third kappa shape index (κ3) is 2.65. The van der Waals surface area contributed by atoms with Crippen LogP contribution in [0.5, 0.6) is 0 Å². The van der Waals surface area contributed by atoms with Gasteiger partial charge in [0.25, 0.3) is 11.5 Å². The highest BCUT2D eigenvalue weighted by molar-refractivity contribution is 5.93. The van der Waals surface area contributed by atoms with E-state index in [1.165, 1.54) is 10.6 Å². The van der Waals surface area contributed by atoms with E-state index in [0.29, 0.717) is 17.0 Å². The van der Waals surface area contributed by atoms with Crippen LogP contribution in [0.1, 0.15) is 21.8 Å². The molecule has 0 aliphatic rings. The van der Waals surface area contributed by atoms with E-state index < -0.39 is 0 Å². The highest BCUT2D eigenvalue weighted by Crippen LogP contribution is 2.01. The van der Waals surface area contributed by atoms with E-state index >= 15 is 0 Å². The minimum absolute atomic E-state index is 0.222. The van der Waals surface area contributed by atoms with Gasteiger partial charge in [0.1, 0.15) is 11.5 Å². The number of pyridine rings is 1. The van der Waals surface area contributed by atoms with Gasteiger partial charge in [-0.05, 0) is 13.0 Å². The molecule has 0 saturated heterocycles. The highest BCUT2D eigenvalue weighted by Gasteiger charge is 2.07. The molecule has 0 bridgehead atoms. The molecular formula is C12H13N3O3. The molecule has 2 aromatic rings. The lowest BCUT2D eigenvalue weighted by atomic mass is 10.2. The lowest BCUT2D eigenvalue weighted by Gasteiger charge is -2.03. The van der Waals surface area contributed by atoms with Gasteiger partial charge in [0.15, 0.2) is 0 Å². The Hall–Kier alpha value is -2.37. The molecule has 0 spiro atoms. The van der Waals surface area contributed by atoms with Gasteiger partial charge in [-0.1, -0.05) is 5.16 Å². The van der Waals surface area contributed by atoms with E-state index in [4.69, 9.17) is 4.52 Å². The summed E-state index contributed by atoms with van der Waals surface area (Å²) in [5.74, 6) is 0.376. The molecule has 0 aliphatic carbocycles. The van der Waals surface area contributed by atoms with Crippen molar-refractivity contribution >= 4 is 5.91 Å². The first-order valence-corrected chi connectivity index (χ1v) is 5.43. The van der Waals surface area contributed by atoms with Gasteiger partial charge in [-0.3, -0.25) is 9.59 Å². The molecule has 0 fully saturated rings. The number of rotatable bonds is 3. The molecule has 1 N–H and O–H groups in total. The van der Waals surface area contributed by atoms with E-state index in [9.17, 15) is 9.59 Å². The molecule has 0 unspecified atom stereocenters. The summed E-state index contributed by atoms with van der Waals surface area (Å²) in [5, 5.41) is 6.42. The Kier molecular flexibility index (Phi) is 3.27. The van der Waals surface area contributed by atoms with Crippen LogP contribution in [0.3, 0.4) is 0 Å². The zero-order chi connectivity index (χ0) is 13.1. The Bertz CT molecular complexity index is 627. The maximum Gasteiger partial charge on any atom is 0.251 e. The fourth-order valence-corrected chi connectivity index (χ4v) is 1.46. The second-order valence-electron chi connectivity index (χ2n) is 3.98. The van der Waals surface area contributed by atoms with E-state index in [1.54, 1.807) is 32.3 Å². The Labute approximate surface area is 103 Å². The van der Waals surface area contributed by atoms with Gasteiger partial charge in [-0.2, -0.15) is 0 Å². The van der Waals surface area contributed by atoms with Crippen LogP contribution in [0.15, 0.2) is 33.7 Å². The average molecular weight is 247 g/mol. The van der Waals surface area contributed by atoms with E-state index in [1.807, 2.05) is 0 Å². The second-order valence-corrected chi connectivity index (χ2v) is 3.98. The molecule has 18 heavy (non-hydrogen) atoms. The third-order valence-electron chi connectivity index (χ3n) is 2.47. The zero-order valence-corrected chi connectivity index (χ0v) is 10.1. The largest absolute Gasteiger partial charge is 0.361 e. The molecule has 6 heteroatoms. The summed E-state index contributed by atoms with van der Waals surface area (Å²) in [4.78, 5) is 23.1. The summed E-state index contributed by atoms with van der Waals surface area (Å²) in [6, 6.07) is 4.62. The molecule has 2 aromatic heterocycles. The van der Waals surface area contributed by atoms with Crippen LogP contribution in [-0.2, 0) is 13.6 Å². The monoisotopic (exact) mass is 247 g/mol. The number of hydrogen-bond acceptors (Lipinski definition) is 4. The number of aryl methyl sites for hydroxylation is 2. The first-order chi connectivity index (χ1) is 8.56. The minimum Gasteiger partial charge on any atom is -0.361 e. The number of amides is 1. The maximum atomic E-state index is 11.8. The quantitative estimate of drug-likeness (QED) is 0.862. The van der Waals surface area contributed by atoms with Gasteiger partial charge in [-0.15, -0.1) is 0 Å². The normalized spacial score (nSPS) is 10.3. The van der Waals surface area contributed by atoms with E-state index in [0.717, 1.165) is 0 Å². The van der Waals surface area contributed by atoms with Gasteiger partial charge in [0.05, 0.1) is 6.54 Å². The molecule has 0 aromatic carbocycles.